The van der Waals surface area contributed by atoms with Gasteiger partial charge in [-0.2, -0.15) is 0 Å². The highest BCUT2D eigenvalue weighted by atomic mass is 32.1. The Balaban J connectivity index is 2.13. The second-order valence-electron chi connectivity index (χ2n) is 4.37. The highest BCUT2D eigenvalue weighted by Gasteiger charge is 2.29. The molecule has 2 rings (SSSR count). The normalized spacial score (nSPS) is 26.5. The molecule has 3 heteroatoms. The number of Topliss-reactive ketones (excluding diaryl/α,β-unsaturated/α-hetero) is 1. The Hall–Kier alpha value is -0.670. The van der Waals surface area contributed by atoms with Gasteiger partial charge in [0.2, 0.25) is 0 Å². The van der Waals surface area contributed by atoms with Crippen LogP contribution in [-0.2, 0) is 0 Å². The minimum Gasteiger partial charge on any atom is -0.327 e. The molecule has 0 spiro atoms. The van der Waals surface area contributed by atoms with Crippen LogP contribution in [0.15, 0.2) is 11.4 Å². The van der Waals surface area contributed by atoms with Crippen LogP contribution in [0.3, 0.4) is 0 Å². The molecule has 1 heterocycles. The number of hydrogen-bond acceptors (Lipinski definition) is 3. The molecule has 0 saturated heterocycles. The van der Waals surface area contributed by atoms with Gasteiger partial charge in [0.1, 0.15) is 0 Å². The minimum absolute atomic E-state index is 0.0627. The first-order valence-electron chi connectivity index (χ1n) is 5.53. The number of rotatable bonds is 2. The number of ketones is 1. The summed E-state index contributed by atoms with van der Waals surface area (Å²) in [5, 5.41) is 1.96. The highest BCUT2D eigenvalue weighted by molar-refractivity contribution is 7.10. The number of carbonyl (C=O) groups is 1. The molecule has 2 nitrogen and oxygen atoms in total. The van der Waals surface area contributed by atoms with Crippen LogP contribution in [0.25, 0.3) is 0 Å². The summed E-state index contributed by atoms with van der Waals surface area (Å²) in [5.41, 5.74) is 6.87. The summed E-state index contributed by atoms with van der Waals surface area (Å²) in [5.74, 6) is 0.319. The molecular weight excluding hydrogens is 206 g/mol. The van der Waals surface area contributed by atoms with E-state index in [9.17, 15) is 4.79 Å². The van der Waals surface area contributed by atoms with E-state index in [-0.39, 0.29) is 17.7 Å². The number of nitrogens with two attached hydrogens (primary N) is 1. The SMILES string of the molecule is Cc1cc(C(=O)C2CCCCC2N)cs1. The maximum atomic E-state index is 12.2. The van der Waals surface area contributed by atoms with Crippen LogP contribution in [0, 0.1) is 12.8 Å². The lowest BCUT2D eigenvalue weighted by Gasteiger charge is -2.26. The zero-order chi connectivity index (χ0) is 10.8. The van der Waals surface area contributed by atoms with Gasteiger partial charge in [-0.1, -0.05) is 12.8 Å². The van der Waals surface area contributed by atoms with E-state index in [2.05, 4.69) is 0 Å². The Morgan fingerprint density at radius 2 is 2.20 bits per heavy atom. The van der Waals surface area contributed by atoms with E-state index in [1.807, 2.05) is 18.4 Å². The fourth-order valence-corrected chi connectivity index (χ4v) is 2.96. The minimum atomic E-state index is 0.0627. The van der Waals surface area contributed by atoms with E-state index in [1.54, 1.807) is 11.3 Å². The Kier molecular flexibility index (Phi) is 3.22. The van der Waals surface area contributed by atoms with Crippen molar-refractivity contribution in [2.45, 2.75) is 38.6 Å². The smallest absolute Gasteiger partial charge is 0.168 e. The molecule has 0 radical (unpaired) electrons. The molecule has 1 aromatic rings. The fraction of sp³-hybridized carbons (Fsp3) is 0.583. The molecule has 0 amide bonds. The third-order valence-corrected chi connectivity index (χ3v) is 4.03. The molecule has 0 aromatic carbocycles. The van der Waals surface area contributed by atoms with Crippen molar-refractivity contribution in [3.8, 4) is 0 Å². The number of hydrogen-bond donors (Lipinski definition) is 1. The summed E-state index contributed by atoms with van der Waals surface area (Å²) in [4.78, 5) is 13.3. The zero-order valence-electron chi connectivity index (χ0n) is 9.03. The van der Waals surface area contributed by atoms with E-state index in [1.165, 1.54) is 11.3 Å². The molecule has 0 bridgehead atoms. The molecule has 2 atom stereocenters. The van der Waals surface area contributed by atoms with Gasteiger partial charge in [-0.3, -0.25) is 4.79 Å². The van der Waals surface area contributed by atoms with E-state index in [0.29, 0.717) is 0 Å². The largest absolute Gasteiger partial charge is 0.327 e. The Morgan fingerprint density at radius 3 is 2.80 bits per heavy atom. The summed E-state index contributed by atoms with van der Waals surface area (Å²) in [6, 6.07) is 2.06. The van der Waals surface area contributed by atoms with Crippen LogP contribution in [0.2, 0.25) is 0 Å². The second-order valence-corrected chi connectivity index (χ2v) is 5.48. The fourth-order valence-electron chi connectivity index (χ4n) is 2.27. The topological polar surface area (TPSA) is 43.1 Å². The van der Waals surface area contributed by atoms with Crippen LogP contribution < -0.4 is 5.73 Å². The lowest BCUT2D eigenvalue weighted by Crippen LogP contribution is -2.37. The van der Waals surface area contributed by atoms with Gasteiger partial charge in [0.05, 0.1) is 0 Å². The molecule has 1 fully saturated rings. The molecule has 1 aliphatic carbocycles. The Labute approximate surface area is 94.5 Å². The van der Waals surface area contributed by atoms with E-state index < -0.39 is 0 Å². The molecule has 1 saturated carbocycles. The summed E-state index contributed by atoms with van der Waals surface area (Å²) in [7, 11) is 0. The van der Waals surface area contributed by atoms with Crippen LogP contribution in [0.1, 0.15) is 40.9 Å². The van der Waals surface area contributed by atoms with Gasteiger partial charge >= 0.3 is 0 Å². The quantitative estimate of drug-likeness (QED) is 0.783. The summed E-state index contributed by atoms with van der Waals surface area (Å²) in [6.45, 7) is 2.03. The van der Waals surface area contributed by atoms with Crippen LogP contribution in [0.4, 0.5) is 0 Å². The predicted molar refractivity (Wildman–Crippen MR) is 63.3 cm³/mol. The van der Waals surface area contributed by atoms with Gasteiger partial charge in [0.15, 0.2) is 5.78 Å². The molecule has 1 aliphatic rings. The van der Waals surface area contributed by atoms with Gasteiger partial charge in [-0.25, -0.2) is 0 Å². The van der Waals surface area contributed by atoms with Crippen molar-refractivity contribution in [2.75, 3.05) is 0 Å². The number of aryl methyl sites for hydroxylation is 1. The van der Waals surface area contributed by atoms with Crippen LogP contribution in [0.5, 0.6) is 0 Å². The lowest BCUT2D eigenvalue weighted by atomic mass is 9.81. The van der Waals surface area contributed by atoms with Crippen molar-refractivity contribution < 1.29 is 4.79 Å². The Morgan fingerprint density at radius 1 is 1.47 bits per heavy atom. The van der Waals surface area contributed by atoms with E-state index in [0.717, 1.165) is 24.8 Å². The maximum Gasteiger partial charge on any atom is 0.168 e. The standard InChI is InChI=1S/C12H17NOS/c1-8-6-9(7-15-8)12(14)10-4-2-3-5-11(10)13/h6-7,10-11H,2-5,13H2,1H3. The molecule has 2 N–H and O–H groups in total. The first-order valence-corrected chi connectivity index (χ1v) is 6.41. The molecule has 1 aromatic heterocycles. The van der Waals surface area contributed by atoms with Crippen LogP contribution >= 0.6 is 11.3 Å². The van der Waals surface area contributed by atoms with Gasteiger partial charge in [-0.15, -0.1) is 11.3 Å². The predicted octanol–water partition coefficient (Wildman–Crippen LogP) is 2.76. The van der Waals surface area contributed by atoms with Gasteiger partial charge in [0.25, 0.3) is 0 Å². The summed E-state index contributed by atoms with van der Waals surface area (Å²) in [6.07, 6.45) is 4.29. The zero-order valence-corrected chi connectivity index (χ0v) is 9.85. The third-order valence-electron chi connectivity index (χ3n) is 3.17. The van der Waals surface area contributed by atoms with Crippen molar-refractivity contribution in [1.29, 1.82) is 0 Å². The first kappa shape index (κ1) is 10.8. The monoisotopic (exact) mass is 223 g/mol. The van der Waals surface area contributed by atoms with Gasteiger partial charge in [0, 0.05) is 27.8 Å². The molecule has 15 heavy (non-hydrogen) atoms. The average molecular weight is 223 g/mol. The maximum absolute atomic E-state index is 12.2. The molecule has 82 valence electrons. The third kappa shape index (κ3) is 2.29. The van der Waals surface area contributed by atoms with Crippen molar-refractivity contribution in [2.24, 2.45) is 11.7 Å². The van der Waals surface area contributed by atoms with Gasteiger partial charge < -0.3 is 5.73 Å². The summed E-state index contributed by atoms with van der Waals surface area (Å²) < 4.78 is 0. The molecule has 2 unspecified atom stereocenters. The lowest BCUT2D eigenvalue weighted by molar-refractivity contribution is 0.0871. The first-order chi connectivity index (χ1) is 7.18. The highest BCUT2D eigenvalue weighted by Crippen LogP contribution is 2.27. The van der Waals surface area contributed by atoms with Crippen molar-refractivity contribution >= 4 is 17.1 Å². The second kappa shape index (κ2) is 4.45. The molecular formula is C12H17NOS. The van der Waals surface area contributed by atoms with E-state index >= 15 is 0 Å². The van der Waals surface area contributed by atoms with Crippen LogP contribution in [-0.4, -0.2) is 11.8 Å². The van der Waals surface area contributed by atoms with Crippen molar-refractivity contribution in [1.82, 2.24) is 0 Å². The Bertz CT molecular complexity index is 358. The number of thiophene rings is 1. The van der Waals surface area contributed by atoms with Gasteiger partial charge in [-0.05, 0) is 25.8 Å². The van der Waals surface area contributed by atoms with Crippen molar-refractivity contribution in [3.63, 3.8) is 0 Å². The van der Waals surface area contributed by atoms with E-state index in [4.69, 9.17) is 5.73 Å². The summed E-state index contributed by atoms with van der Waals surface area (Å²) >= 11 is 1.64. The average Bonchev–Trinajstić information content (AvgIpc) is 2.65. The molecule has 0 aliphatic heterocycles. The van der Waals surface area contributed by atoms with Crippen molar-refractivity contribution in [3.05, 3.63) is 21.9 Å². The number of carbonyl (C=O) groups excluding carboxylic acids is 1.